The van der Waals surface area contributed by atoms with E-state index in [-0.39, 0.29) is 10.8 Å². The molecule has 52 heavy (non-hydrogen) atoms. The van der Waals surface area contributed by atoms with Crippen molar-refractivity contribution in [2.24, 2.45) is 0 Å². The summed E-state index contributed by atoms with van der Waals surface area (Å²) < 4.78 is 4.69. The van der Waals surface area contributed by atoms with E-state index in [1.54, 1.807) is 0 Å². The second-order valence-electron chi connectivity index (χ2n) is 16.0. The summed E-state index contributed by atoms with van der Waals surface area (Å²) in [5.41, 5.74) is 10.3. The Labute approximate surface area is 305 Å². The van der Waals surface area contributed by atoms with Gasteiger partial charge in [-0.15, -0.1) is 0 Å². The Balaban J connectivity index is 1.41. The van der Waals surface area contributed by atoms with Crippen molar-refractivity contribution in [3.05, 3.63) is 157 Å². The molecule has 4 nitrogen and oxygen atoms in total. The third kappa shape index (κ3) is 5.21. The number of hydrogen-bond donors (Lipinski definition) is 0. The van der Waals surface area contributed by atoms with Crippen LogP contribution in [0.4, 0.5) is 0 Å². The zero-order valence-electron chi connectivity index (χ0n) is 30.6. The Hall–Kier alpha value is -6.00. The van der Waals surface area contributed by atoms with E-state index in [4.69, 9.17) is 9.97 Å². The molecule has 0 aliphatic heterocycles. The lowest BCUT2D eigenvalue weighted by molar-refractivity contribution is 0.572. The number of benzene rings is 6. The van der Waals surface area contributed by atoms with E-state index in [1.807, 2.05) is 0 Å². The molecule has 0 radical (unpaired) electrons. The molecule has 0 amide bonds. The predicted octanol–water partition coefficient (Wildman–Crippen LogP) is 12.6. The summed E-state index contributed by atoms with van der Waals surface area (Å²) >= 11 is 0. The second-order valence-corrected chi connectivity index (χ2v) is 16.0. The molecule has 0 bridgehead atoms. The molecule has 9 rings (SSSR count). The number of para-hydroxylation sites is 3. The van der Waals surface area contributed by atoms with Crippen molar-refractivity contribution in [2.45, 2.75) is 52.4 Å². The Morgan fingerprint density at radius 2 is 0.904 bits per heavy atom. The molecule has 9 aromatic rings. The molecule has 3 aromatic heterocycles. The van der Waals surface area contributed by atoms with Gasteiger partial charge in [0, 0.05) is 33.2 Å². The molecule has 0 N–H and O–H groups in total. The minimum atomic E-state index is -0.124. The van der Waals surface area contributed by atoms with E-state index in [2.05, 4.69) is 196 Å². The van der Waals surface area contributed by atoms with E-state index in [0.29, 0.717) is 5.82 Å². The van der Waals surface area contributed by atoms with E-state index in [1.165, 1.54) is 38.2 Å². The summed E-state index contributed by atoms with van der Waals surface area (Å²) in [6.07, 6.45) is 0. The van der Waals surface area contributed by atoms with Crippen LogP contribution < -0.4 is 0 Å². The monoisotopic (exact) mass is 674 g/mol. The highest BCUT2D eigenvalue weighted by molar-refractivity contribution is 6.11. The lowest BCUT2D eigenvalue weighted by Crippen LogP contribution is -2.18. The topological polar surface area (TPSA) is 35.6 Å². The van der Waals surface area contributed by atoms with E-state index in [0.717, 1.165) is 44.9 Å². The predicted molar refractivity (Wildman–Crippen MR) is 219 cm³/mol. The molecule has 0 unspecified atom stereocenters. The molecule has 0 aliphatic carbocycles. The minimum absolute atomic E-state index is 0.00699. The van der Waals surface area contributed by atoms with Gasteiger partial charge in [0.05, 0.1) is 22.1 Å². The van der Waals surface area contributed by atoms with E-state index in [9.17, 15) is 0 Å². The Morgan fingerprint density at radius 1 is 0.404 bits per heavy atom. The van der Waals surface area contributed by atoms with Crippen LogP contribution >= 0.6 is 0 Å². The van der Waals surface area contributed by atoms with Gasteiger partial charge < -0.3 is 0 Å². The van der Waals surface area contributed by atoms with Crippen molar-refractivity contribution >= 4 is 43.6 Å². The van der Waals surface area contributed by atoms with E-state index >= 15 is 0 Å². The molecule has 4 heteroatoms. The lowest BCUT2D eigenvalue weighted by Gasteiger charge is -2.27. The van der Waals surface area contributed by atoms with E-state index < -0.39 is 0 Å². The van der Waals surface area contributed by atoms with Crippen LogP contribution in [0.5, 0.6) is 0 Å². The van der Waals surface area contributed by atoms with Gasteiger partial charge in [0.25, 0.3) is 0 Å². The third-order valence-corrected chi connectivity index (χ3v) is 10.4. The van der Waals surface area contributed by atoms with Crippen LogP contribution in [0.3, 0.4) is 0 Å². The fourth-order valence-corrected chi connectivity index (χ4v) is 7.76. The zero-order valence-corrected chi connectivity index (χ0v) is 30.6. The molecule has 3 heterocycles. The molecular formula is C48H42N4. The smallest absolute Gasteiger partial charge is 0.163 e. The van der Waals surface area contributed by atoms with Gasteiger partial charge in [0.1, 0.15) is 11.6 Å². The molecule has 0 fully saturated rings. The molecule has 0 saturated heterocycles. The van der Waals surface area contributed by atoms with Crippen LogP contribution in [0, 0.1) is 0 Å². The molecule has 0 aliphatic rings. The normalized spacial score (nSPS) is 12.4. The van der Waals surface area contributed by atoms with Crippen molar-refractivity contribution in [2.75, 3.05) is 0 Å². The molecule has 6 aromatic carbocycles. The Morgan fingerprint density at radius 3 is 1.50 bits per heavy atom. The van der Waals surface area contributed by atoms with Crippen LogP contribution in [-0.2, 0) is 10.8 Å². The van der Waals surface area contributed by atoms with Crippen molar-refractivity contribution in [1.29, 1.82) is 0 Å². The van der Waals surface area contributed by atoms with Gasteiger partial charge in [-0.3, -0.25) is 9.13 Å². The standard InChI is InChI=1S/C48H42N4/c1-47(2,3)34-28-38-37-23-12-15-26-42(37)52(45(38)39(29-34)48(4,5)6)44-30-43(51-40-24-13-10-21-35(40)36-22-11-14-25-41(36)51)49-46(50-44)33-20-16-19-32(27-33)31-17-8-7-9-18-31/h7-30H,1-6H3. The lowest BCUT2D eigenvalue weighted by atomic mass is 9.79. The SMILES string of the molecule is CC(C)(C)c1cc(C(C)(C)C)c2c(c1)c1ccccc1n2-c1cc(-n2c3ccccc3c3ccccc32)nc(-c2cccc(-c3ccccc3)c2)n1. The average molecular weight is 675 g/mol. The molecular weight excluding hydrogens is 633 g/mol. The average Bonchev–Trinajstić information content (AvgIpc) is 3.67. The van der Waals surface area contributed by atoms with Crippen molar-refractivity contribution in [1.82, 2.24) is 19.1 Å². The van der Waals surface area contributed by atoms with Crippen LogP contribution in [0.1, 0.15) is 52.7 Å². The maximum atomic E-state index is 5.48. The fraction of sp³-hybridized carbons (Fsp3) is 0.167. The van der Waals surface area contributed by atoms with Crippen LogP contribution in [0.25, 0.3) is 77.8 Å². The number of hydrogen-bond acceptors (Lipinski definition) is 2. The van der Waals surface area contributed by atoms with Crippen molar-refractivity contribution in [3.63, 3.8) is 0 Å². The highest BCUT2D eigenvalue weighted by Gasteiger charge is 2.27. The van der Waals surface area contributed by atoms with Gasteiger partial charge in [-0.1, -0.05) is 151 Å². The summed E-state index contributed by atoms with van der Waals surface area (Å²) in [5, 5.41) is 4.87. The van der Waals surface area contributed by atoms with Crippen LogP contribution in [0.15, 0.2) is 146 Å². The fourth-order valence-electron chi connectivity index (χ4n) is 7.76. The van der Waals surface area contributed by atoms with Crippen LogP contribution in [0.2, 0.25) is 0 Å². The quantitative estimate of drug-likeness (QED) is 0.186. The molecule has 0 spiro atoms. The summed E-state index contributed by atoms with van der Waals surface area (Å²) in [6, 6.07) is 52.2. The Bertz CT molecular complexity index is 2750. The van der Waals surface area contributed by atoms with Gasteiger partial charge in [0.2, 0.25) is 0 Å². The highest BCUT2D eigenvalue weighted by atomic mass is 15.1. The van der Waals surface area contributed by atoms with Crippen molar-refractivity contribution in [3.8, 4) is 34.2 Å². The van der Waals surface area contributed by atoms with Gasteiger partial charge in [0.15, 0.2) is 5.82 Å². The summed E-state index contributed by atoms with van der Waals surface area (Å²) in [6.45, 7) is 13.9. The zero-order chi connectivity index (χ0) is 35.8. The first-order valence-electron chi connectivity index (χ1n) is 18.2. The maximum absolute atomic E-state index is 5.48. The maximum Gasteiger partial charge on any atom is 0.163 e. The summed E-state index contributed by atoms with van der Waals surface area (Å²) in [4.78, 5) is 10.9. The first-order valence-corrected chi connectivity index (χ1v) is 18.2. The van der Waals surface area contributed by atoms with Gasteiger partial charge in [-0.25, -0.2) is 9.97 Å². The first-order chi connectivity index (χ1) is 25.1. The number of fused-ring (bicyclic) bond motifs is 6. The molecule has 0 atom stereocenters. The van der Waals surface area contributed by atoms with Gasteiger partial charge in [-0.2, -0.15) is 0 Å². The third-order valence-electron chi connectivity index (χ3n) is 10.4. The number of nitrogens with zero attached hydrogens (tertiary/aromatic N) is 4. The van der Waals surface area contributed by atoms with Gasteiger partial charge >= 0.3 is 0 Å². The summed E-state index contributed by atoms with van der Waals surface area (Å²) in [7, 11) is 0. The van der Waals surface area contributed by atoms with Gasteiger partial charge in [-0.05, 0) is 63.4 Å². The summed E-state index contributed by atoms with van der Waals surface area (Å²) in [5.74, 6) is 2.35. The second kappa shape index (κ2) is 11.8. The minimum Gasteiger partial charge on any atom is -0.294 e. The molecule has 0 saturated carbocycles. The molecule has 254 valence electrons. The largest absolute Gasteiger partial charge is 0.294 e. The number of aromatic nitrogens is 4. The van der Waals surface area contributed by atoms with Crippen molar-refractivity contribution < 1.29 is 0 Å². The highest BCUT2D eigenvalue weighted by Crippen LogP contribution is 2.42. The van der Waals surface area contributed by atoms with Crippen LogP contribution in [-0.4, -0.2) is 19.1 Å². The first kappa shape index (κ1) is 31.9. The number of rotatable bonds is 4. The Kier molecular flexibility index (Phi) is 7.24.